The standard InChI is InChI=1S/C16H18N2O3S/c1-9-16(20)18(6-7-19)13-8-12(4-5-14(13)21-9)15-10(2)22-11(3)17-15/h4-5,8-9,19H,6-7H2,1-3H3. The van der Waals surface area contributed by atoms with Crippen molar-refractivity contribution >= 4 is 22.9 Å². The Labute approximate surface area is 133 Å². The number of thiazole rings is 1. The number of aryl methyl sites for hydroxylation is 2. The zero-order valence-electron chi connectivity index (χ0n) is 12.8. The van der Waals surface area contributed by atoms with Gasteiger partial charge in [0.05, 0.1) is 23.0 Å². The second kappa shape index (κ2) is 5.70. The quantitative estimate of drug-likeness (QED) is 0.944. The lowest BCUT2D eigenvalue weighted by molar-refractivity contribution is -0.125. The molecule has 0 saturated heterocycles. The van der Waals surface area contributed by atoms with Gasteiger partial charge in [-0.3, -0.25) is 4.79 Å². The fourth-order valence-electron chi connectivity index (χ4n) is 2.68. The summed E-state index contributed by atoms with van der Waals surface area (Å²) in [6.07, 6.45) is -0.534. The lowest BCUT2D eigenvalue weighted by atomic mass is 10.1. The highest BCUT2D eigenvalue weighted by Gasteiger charge is 2.31. The molecule has 0 aliphatic carbocycles. The second-order valence-electron chi connectivity index (χ2n) is 5.29. The van der Waals surface area contributed by atoms with E-state index in [2.05, 4.69) is 4.98 Å². The summed E-state index contributed by atoms with van der Waals surface area (Å²) < 4.78 is 5.66. The number of hydrogen-bond donors (Lipinski definition) is 1. The van der Waals surface area contributed by atoms with Crippen LogP contribution in [0, 0.1) is 13.8 Å². The summed E-state index contributed by atoms with van der Waals surface area (Å²) in [7, 11) is 0. The molecule has 0 radical (unpaired) electrons. The third-order valence-corrected chi connectivity index (χ3v) is 4.55. The first-order valence-corrected chi connectivity index (χ1v) is 8.00. The molecule has 1 aliphatic rings. The number of β-amino-alcohol motifs (C(OH)–C–C–N with tert-alkyl or cyclic N) is 1. The maximum Gasteiger partial charge on any atom is 0.267 e. The van der Waals surface area contributed by atoms with Gasteiger partial charge in [-0.2, -0.15) is 0 Å². The van der Waals surface area contributed by atoms with Gasteiger partial charge in [-0.15, -0.1) is 11.3 Å². The molecule has 1 amide bonds. The van der Waals surface area contributed by atoms with E-state index in [-0.39, 0.29) is 19.1 Å². The summed E-state index contributed by atoms with van der Waals surface area (Å²) in [6, 6.07) is 5.74. The molecule has 5 nitrogen and oxygen atoms in total. The molecule has 1 unspecified atom stereocenters. The van der Waals surface area contributed by atoms with Gasteiger partial charge in [-0.1, -0.05) is 0 Å². The van der Waals surface area contributed by atoms with Gasteiger partial charge in [0.1, 0.15) is 5.75 Å². The monoisotopic (exact) mass is 318 g/mol. The Balaban J connectivity index is 2.08. The molecule has 6 heteroatoms. The van der Waals surface area contributed by atoms with Gasteiger partial charge in [0.25, 0.3) is 5.91 Å². The van der Waals surface area contributed by atoms with Crippen LogP contribution in [0.25, 0.3) is 11.3 Å². The van der Waals surface area contributed by atoms with Crippen molar-refractivity contribution in [1.82, 2.24) is 4.98 Å². The van der Waals surface area contributed by atoms with Gasteiger partial charge in [0, 0.05) is 17.0 Å². The fourth-order valence-corrected chi connectivity index (χ4v) is 3.52. The van der Waals surface area contributed by atoms with Gasteiger partial charge in [-0.25, -0.2) is 4.98 Å². The number of ether oxygens (including phenoxy) is 1. The Kier molecular flexibility index (Phi) is 3.88. The van der Waals surface area contributed by atoms with Crippen molar-refractivity contribution in [3.8, 4) is 17.0 Å². The van der Waals surface area contributed by atoms with Crippen LogP contribution in [0.15, 0.2) is 18.2 Å². The first-order chi connectivity index (χ1) is 10.5. The minimum absolute atomic E-state index is 0.0863. The van der Waals surface area contributed by atoms with Crippen LogP contribution in [0.2, 0.25) is 0 Å². The highest BCUT2D eigenvalue weighted by Crippen LogP contribution is 2.38. The number of hydrogen-bond acceptors (Lipinski definition) is 5. The van der Waals surface area contributed by atoms with Crippen LogP contribution < -0.4 is 9.64 Å². The molecule has 1 N–H and O–H groups in total. The third kappa shape index (κ3) is 2.48. The average Bonchev–Trinajstić information content (AvgIpc) is 2.82. The zero-order valence-corrected chi connectivity index (χ0v) is 13.6. The second-order valence-corrected chi connectivity index (χ2v) is 6.70. The number of rotatable bonds is 3. The van der Waals surface area contributed by atoms with Gasteiger partial charge < -0.3 is 14.7 Å². The SMILES string of the molecule is Cc1nc(-c2ccc3c(c2)N(CCO)C(=O)C(C)O3)c(C)s1. The lowest BCUT2D eigenvalue weighted by Gasteiger charge is -2.32. The molecule has 3 rings (SSSR count). The van der Waals surface area contributed by atoms with E-state index in [9.17, 15) is 9.90 Å². The van der Waals surface area contributed by atoms with Crippen LogP contribution in [-0.2, 0) is 4.79 Å². The molecule has 0 fully saturated rings. The van der Waals surface area contributed by atoms with Crippen LogP contribution in [0.4, 0.5) is 5.69 Å². The van der Waals surface area contributed by atoms with Crippen LogP contribution in [0.5, 0.6) is 5.75 Å². The minimum atomic E-state index is -0.534. The molecule has 2 heterocycles. The number of aliphatic hydroxyl groups excluding tert-OH is 1. The summed E-state index contributed by atoms with van der Waals surface area (Å²) in [6.45, 7) is 5.91. The molecule has 1 aliphatic heterocycles. The van der Waals surface area contributed by atoms with E-state index in [4.69, 9.17) is 4.74 Å². The molecule has 1 aromatic carbocycles. The normalized spacial score (nSPS) is 17.4. The number of benzene rings is 1. The first-order valence-electron chi connectivity index (χ1n) is 7.18. The van der Waals surface area contributed by atoms with Crippen molar-refractivity contribution in [1.29, 1.82) is 0 Å². The predicted octanol–water partition coefficient (Wildman–Crippen LogP) is 2.53. The number of nitrogens with zero attached hydrogens (tertiary/aromatic N) is 2. The molecule has 0 bridgehead atoms. The number of amides is 1. The number of aromatic nitrogens is 1. The molecule has 22 heavy (non-hydrogen) atoms. The summed E-state index contributed by atoms with van der Waals surface area (Å²) in [5, 5.41) is 10.2. The molecule has 0 spiro atoms. The van der Waals surface area contributed by atoms with Gasteiger partial charge in [0.2, 0.25) is 0 Å². The van der Waals surface area contributed by atoms with Crippen molar-refractivity contribution in [3.05, 3.63) is 28.1 Å². The molecule has 116 valence electrons. The maximum atomic E-state index is 12.3. The predicted molar refractivity (Wildman–Crippen MR) is 86.6 cm³/mol. The van der Waals surface area contributed by atoms with Crippen LogP contribution in [0.3, 0.4) is 0 Å². The first kappa shape index (κ1) is 15.0. The van der Waals surface area contributed by atoms with E-state index in [1.165, 1.54) is 0 Å². The molecule has 0 saturated carbocycles. The van der Waals surface area contributed by atoms with Crippen molar-refractivity contribution in [3.63, 3.8) is 0 Å². The number of fused-ring (bicyclic) bond motifs is 1. The number of aliphatic hydroxyl groups is 1. The Morgan fingerprint density at radius 3 is 2.82 bits per heavy atom. The fraction of sp³-hybridized carbons (Fsp3) is 0.375. The molecule has 1 atom stereocenters. The molecule has 2 aromatic rings. The van der Waals surface area contributed by atoms with Crippen LogP contribution in [0.1, 0.15) is 16.8 Å². The smallest absolute Gasteiger partial charge is 0.267 e. The summed E-state index contributed by atoms with van der Waals surface area (Å²) in [4.78, 5) is 19.6. The third-order valence-electron chi connectivity index (χ3n) is 3.67. The topological polar surface area (TPSA) is 62.7 Å². The van der Waals surface area contributed by atoms with Gasteiger partial charge in [-0.05, 0) is 39.0 Å². The van der Waals surface area contributed by atoms with Crippen molar-refractivity contribution < 1.29 is 14.6 Å². The number of anilines is 1. The van der Waals surface area contributed by atoms with E-state index < -0.39 is 6.10 Å². The van der Waals surface area contributed by atoms with Gasteiger partial charge >= 0.3 is 0 Å². The van der Waals surface area contributed by atoms with Crippen LogP contribution in [-0.4, -0.2) is 35.3 Å². The minimum Gasteiger partial charge on any atom is -0.479 e. The number of carbonyl (C=O) groups is 1. The van der Waals surface area contributed by atoms with E-state index >= 15 is 0 Å². The summed E-state index contributed by atoms with van der Waals surface area (Å²) >= 11 is 1.65. The number of carbonyl (C=O) groups excluding carboxylic acids is 1. The zero-order chi connectivity index (χ0) is 15.9. The average molecular weight is 318 g/mol. The Hall–Kier alpha value is -1.92. The Morgan fingerprint density at radius 1 is 1.41 bits per heavy atom. The Bertz CT molecular complexity index is 726. The Morgan fingerprint density at radius 2 is 2.18 bits per heavy atom. The van der Waals surface area contributed by atoms with E-state index in [0.717, 1.165) is 21.1 Å². The maximum absolute atomic E-state index is 12.3. The van der Waals surface area contributed by atoms with Crippen molar-refractivity contribution in [2.45, 2.75) is 26.9 Å². The molecular weight excluding hydrogens is 300 g/mol. The van der Waals surface area contributed by atoms with Crippen LogP contribution >= 0.6 is 11.3 Å². The van der Waals surface area contributed by atoms with Crippen molar-refractivity contribution in [2.75, 3.05) is 18.1 Å². The molecular formula is C16H18N2O3S. The van der Waals surface area contributed by atoms with E-state index in [1.54, 1.807) is 23.2 Å². The van der Waals surface area contributed by atoms with Gasteiger partial charge in [0.15, 0.2) is 6.10 Å². The molecule has 1 aromatic heterocycles. The van der Waals surface area contributed by atoms with E-state index in [0.29, 0.717) is 11.4 Å². The lowest BCUT2D eigenvalue weighted by Crippen LogP contribution is -2.45. The highest BCUT2D eigenvalue weighted by molar-refractivity contribution is 7.11. The largest absolute Gasteiger partial charge is 0.479 e. The summed E-state index contributed by atoms with van der Waals surface area (Å²) in [5.74, 6) is 0.527. The van der Waals surface area contributed by atoms with E-state index in [1.807, 2.05) is 32.0 Å². The van der Waals surface area contributed by atoms with Crippen molar-refractivity contribution in [2.24, 2.45) is 0 Å². The highest BCUT2D eigenvalue weighted by atomic mass is 32.1. The summed E-state index contributed by atoms with van der Waals surface area (Å²) in [5.41, 5.74) is 2.58.